The number of methoxy groups -OCH3 is 4. The number of benzene rings is 2. The van der Waals surface area contributed by atoms with Crippen molar-refractivity contribution in [3.8, 4) is 16.9 Å². The molecule has 1 saturated carbocycles. The zero-order valence-electron chi connectivity index (χ0n) is 40.2. The minimum Gasteiger partial charge on any atom is -0.497 e. The predicted octanol–water partition coefficient (Wildman–Crippen LogP) is 4.48. The van der Waals surface area contributed by atoms with Crippen LogP contribution in [0, 0.1) is 28.1 Å². The van der Waals surface area contributed by atoms with Crippen molar-refractivity contribution >= 4 is 36.2 Å². The van der Waals surface area contributed by atoms with Gasteiger partial charge in [-0.2, -0.15) is 0 Å². The Kier molecular flexibility index (Phi) is 11.3. The topological polar surface area (TPSA) is 148 Å². The molecule has 10 rings (SSSR count). The molecule has 1 radical (unpaired) electrons. The number of allylic oxidation sites excluding steroid dienone is 1. The van der Waals surface area contributed by atoms with Gasteiger partial charge in [0.1, 0.15) is 5.75 Å². The summed E-state index contributed by atoms with van der Waals surface area (Å²) in [7, 11) is 10.2. The minimum atomic E-state index is -2.30. The molecule has 3 unspecified atom stereocenters. The van der Waals surface area contributed by atoms with Crippen molar-refractivity contribution in [1.29, 1.82) is 0 Å². The Morgan fingerprint density at radius 3 is 2.31 bits per heavy atom. The van der Waals surface area contributed by atoms with E-state index in [0.717, 1.165) is 50.2 Å². The lowest BCUT2D eigenvalue weighted by molar-refractivity contribution is -0.243. The van der Waals surface area contributed by atoms with Crippen molar-refractivity contribution in [2.75, 3.05) is 68.2 Å². The van der Waals surface area contributed by atoms with E-state index in [1.165, 1.54) is 21.1 Å². The number of piperidine rings is 1. The van der Waals surface area contributed by atoms with Gasteiger partial charge in [0.15, 0.2) is 13.4 Å². The average molecular weight is 915 g/mol. The zero-order valence-corrected chi connectivity index (χ0v) is 40.2. The predicted molar refractivity (Wildman–Crippen MR) is 253 cm³/mol. The number of carbonyl (C=O) groups is 3. The van der Waals surface area contributed by atoms with Crippen LogP contribution in [0.1, 0.15) is 64.9 Å². The van der Waals surface area contributed by atoms with Crippen molar-refractivity contribution in [3.05, 3.63) is 89.1 Å². The van der Waals surface area contributed by atoms with E-state index in [1.807, 2.05) is 37.9 Å². The number of likely N-dealkylation sites (N-methyl/N-ethyl adjacent to an activating group) is 1. The Labute approximate surface area is 395 Å². The molecule has 2 bridgehead atoms. The highest BCUT2D eigenvalue weighted by atomic mass is 16.6. The molecule has 1 spiro atoms. The van der Waals surface area contributed by atoms with Crippen molar-refractivity contribution in [2.24, 2.45) is 28.1 Å². The van der Waals surface area contributed by atoms with Gasteiger partial charge in [-0.25, -0.2) is 4.79 Å². The summed E-state index contributed by atoms with van der Waals surface area (Å²) in [6.45, 7) is 8.66. The summed E-state index contributed by atoms with van der Waals surface area (Å²) in [5, 5.41) is 25.7. The first kappa shape index (κ1) is 46.0. The quantitative estimate of drug-likeness (QED) is 0.158. The van der Waals surface area contributed by atoms with Gasteiger partial charge in [0.2, 0.25) is 5.60 Å². The molecule has 4 fully saturated rings. The molecule has 3 saturated heterocycles. The van der Waals surface area contributed by atoms with Gasteiger partial charge in [0, 0.05) is 75.7 Å². The molecule has 6 heterocycles. The maximum atomic E-state index is 15.7. The van der Waals surface area contributed by atoms with Crippen molar-refractivity contribution < 1.29 is 48.3 Å². The van der Waals surface area contributed by atoms with E-state index in [1.54, 1.807) is 14.2 Å². The number of carbonyl (C=O) groups excluding carboxylic acids is 3. The van der Waals surface area contributed by atoms with Gasteiger partial charge in [-0.1, -0.05) is 67.3 Å². The summed E-state index contributed by atoms with van der Waals surface area (Å²) >= 11 is 0. The largest absolute Gasteiger partial charge is 0.497 e. The number of rotatable bonds is 9. The molecule has 355 valence electrons. The molecule has 2 aromatic rings. The smallest absolute Gasteiger partial charge is 0.344 e. The zero-order chi connectivity index (χ0) is 47.4. The van der Waals surface area contributed by atoms with Crippen molar-refractivity contribution in [2.45, 2.75) is 94.8 Å². The number of hydrogen-bond donors (Lipinski definition) is 2. The highest BCUT2D eigenvalue weighted by molar-refractivity contribution is 6.67. The summed E-state index contributed by atoms with van der Waals surface area (Å²) in [4.78, 5) is 50.2. The first-order valence-electron chi connectivity index (χ1n) is 24.1. The fourth-order valence-corrected chi connectivity index (χ4v) is 15.1. The van der Waals surface area contributed by atoms with Crippen LogP contribution < -0.4 is 10.2 Å². The van der Waals surface area contributed by atoms with Crippen LogP contribution in [0.15, 0.2) is 83.5 Å². The van der Waals surface area contributed by atoms with Gasteiger partial charge in [-0.3, -0.25) is 19.4 Å². The lowest BCUT2D eigenvalue weighted by Crippen LogP contribution is -2.79. The van der Waals surface area contributed by atoms with Crippen LogP contribution in [0.3, 0.4) is 0 Å². The molecule has 0 aromatic heterocycles. The second kappa shape index (κ2) is 16.5. The van der Waals surface area contributed by atoms with E-state index in [-0.39, 0.29) is 17.9 Å². The number of nitrogens with zero attached hydrogens (tertiary/aromatic N) is 3. The van der Waals surface area contributed by atoms with E-state index in [4.69, 9.17) is 23.7 Å². The molecular formula is C53H65BN3O10. The van der Waals surface area contributed by atoms with E-state index in [9.17, 15) is 19.8 Å². The highest BCUT2D eigenvalue weighted by Gasteiger charge is 2.81. The number of aliphatic hydroxyl groups is 2. The lowest BCUT2D eigenvalue weighted by Gasteiger charge is -2.63. The Bertz CT molecular complexity index is 2510. The normalized spacial score (nSPS) is 38.1. The van der Waals surface area contributed by atoms with Gasteiger partial charge < -0.3 is 38.8 Å². The third-order valence-electron chi connectivity index (χ3n) is 17.7. The van der Waals surface area contributed by atoms with Crippen LogP contribution in [0.25, 0.3) is 16.7 Å². The minimum absolute atomic E-state index is 0.0863. The molecule has 14 heteroatoms. The summed E-state index contributed by atoms with van der Waals surface area (Å²) < 4.78 is 29.9. The molecule has 2 N–H and O–H groups in total. The van der Waals surface area contributed by atoms with Crippen LogP contribution in [0.5, 0.6) is 5.75 Å². The number of likely N-dealkylation sites (tertiary alicyclic amines) is 1. The standard InChI is InChI=1S/C53H65BN3O10/c1-9-49(61)27-32-28-52(47(59)65-7,43-36(18-22-56(29-32)30-49)37-24-34(14-17-40(37)54-43)33-12-15-35(63-5)16-13-33)39-25-38-41(26-42(39)64-6)55(4)45-51(38)20-23-57-21-11-19-50(10-2,44(51)57)46(67-31(3)58)53(45,62)48(60)66-8/h11-17,19,24-26,32,39,42,44-46,61-62H,9-10,18,20-23,27-30H2,1-8H3/t32-,39?,42?,44+,45-,46-,49+,50-,51-,52+,53+/m1/s1. The highest BCUT2D eigenvalue weighted by Crippen LogP contribution is 2.70. The van der Waals surface area contributed by atoms with Gasteiger partial charge in [-0.05, 0) is 103 Å². The number of hydrogen-bond acceptors (Lipinski definition) is 13. The van der Waals surface area contributed by atoms with E-state index >= 15 is 4.79 Å². The monoisotopic (exact) mass is 914 g/mol. The molecule has 6 aliphatic heterocycles. The fraction of sp³-hybridized carbons (Fsp3) is 0.566. The van der Waals surface area contributed by atoms with E-state index < -0.39 is 63.6 Å². The molecule has 67 heavy (non-hydrogen) atoms. The molecule has 2 aromatic carbocycles. The second-order valence-electron chi connectivity index (χ2n) is 20.6. The average Bonchev–Trinajstić information content (AvgIpc) is 4.00. The van der Waals surface area contributed by atoms with Crippen molar-refractivity contribution in [1.82, 2.24) is 14.7 Å². The molecule has 13 nitrogen and oxygen atoms in total. The van der Waals surface area contributed by atoms with Gasteiger partial charge in [-0.15, -0.1) is 0 Å². The number of ether oxygens (including phenoxy) is 5. The van der Waals surface area contributed by atoms with Gasteiger partial charge >= 0.3 is 17.9 Å². The van der Waals surface area contributed by atoms with Crippen LogP contribution in [0.4, 0.5) is 0 Å². The summed E-state index contributed by atoms with van der Waals surface area (Å²) in [6.07, 6.45) is 9.71. The molecule has 0 amide bonds. The van der Waals surface area contributed by atoms with Crippen LogP contribution in [-0.2, 0) is 33.3 Å². The molecule has 8 aliphatic rings. The van der Waals surface area contributed by atoms with Gasteiger partial charge in [0.05, 0.1) is 44.5 Å². The number of esters is 3. The Balaban J connectivity index is 1.22. The van der Waals surface area contributed by atoms with Crippen LogP contribution in [0.2, 0.25) is 0 Å². The third-order valence-corrected chi connectivity index (χ3v) is 17.7. The maximum absolute atomic E-state index is 15.7. The Morgan fingerprint density at radius 1 is 0.896 bits per heavy atom. The third kappa shape index (κ3) is 6.41. The fourth-order valence-electron chi connectivity index (χ4n) is 15.1. The second-order valence-corrected chi connectivity index (χ2v) is 20.6. The SMILES string of the molecule is CC[C@]1(O)C[C@H]2CN(CCC3=C([B]c4ccc(-c5ccc(OC)cc5)cc43)[C@@](C(=O)OC)(C3C=C4C(=CC3OC)N(C)[C@H]3[C@@](O)(C(=O)OC)[C@H](OC(C)=O)[C@]5(CC)C=CCN6CC[C@]43[C@@H]65)C2)C1. The summed E-state index contributed by atoms with van der Waals surface area (Å²) in [5.41, 5.74) is 1.42. The first-order valence-corrected chi connectivity index (χ1v) is 24.1. The summed E-state index contributed by atoms with van der Waals surface area (Å²) in [6, 6.07) is 13.3. The van der Waals surface area contributed by atoms with Crippen LogP contribution >= 0.6 is 0 Å². The Morgan fingerprint density at radius 2 is 1.64 bits per heavy atom. The number of fused-ring (bicyclic) bond motifs is 5. The maximum Gasteiger partial charge on any atom is 0.344 e. The molecule has 2 aliphatic carbocycles. The Hall–Kier alpha value is -4.73. The van der Waals surface area contributed by atoms with Crippen molar-refractivity contribution in [3.63, 3.8) is 0 Å². The van der Waals surface area contributed by atoms with E-state index in [0.29, 0.717) is 71.2 Å². The molecule has 12 atom stereocenters. The molecular weight excluding hydrogens is 849 g/mol. The summed E-state index contributed by atoms with van der Waals surface area (Å²) in [5.74, 6) is -1.78. The first-order chi connectivity index (χ1) is 32.1. The lowest BCUT2D eigenvalue weighted by atomic mass is 9.46. The van der Waals surface area contributed by atoms with E-state index in [2.05, 4.69) is 71.7 Å². The van der Waals surface area contributed by atoms with Crippen LogP contribution in [-0.4, -0.2) is 154 Å². The van der Waals surface area contributed by atoms with Gasteiger partial charge in [0.25, 0.3) is 0 Å².